The van der Waals surface area contributed by atoms with Crippen molar-refractivity contribution < 1.29 is 9.90 Å². The highest BCUT2D eigenvalue weighted by Gasteiger charge is 2.37. The van der Waals surface area contributed by atoms with Gasteiger partial charge in [0.05, 0.1) is 16.6 Å². The molecule has 1 saturated heterocycles. The van der Waals surface area contributed by atoms with Crippen LogP contribution in [0.3, 0.4) is 0 Å². The van der Waals surface area contributed by atoms with E-state index in [0.717, 1.165) is 27.9 Å². The second kappa shape index (κ2) is 10.2. The molecule has 0 unspecified atom stereocenters. The summed E-state index contributed by atoms with van der Waals surface area (Å²) in [5.41, 5.74) is 3.99. The number of hydrogen-bond donors (Lipinski definition) is 1. The topological polar surface area (TPSA) is 52.9 Å². The van der Waals surface area contributed by atoms with Crippen LogP contribution in [0.2, 0.25) is 0 Å². The number of aromatic hydroxyl groups is 1. The third-order valence-electron chi connectivity index (χ3n) is 6.53. The van der Waals surface area contributed by atoms with Gasteiger partial charge in [-0.05, 0) is 71.0 Å². The molecule has 3 aromatic rings. The van der Waals surface area contributed by atoms with Gasteiger partial charge in [-0.25, -0.2) is 4.99 Å². The number of hydrogen-bond acceptors (Lipinski definition) is 4. The van der Waals surface area contributed by atoms with Gasteiger partial charge in [0.25, 0.3) is 5.91 Å². The first-order chi connectivity index (χ1) is 17.4. The summed E-state index contributed by atoms with van der Waals surface area (Å²) in [4.78, 5) is 21.1. The number of phenolic OH excluding ortho intramolecular Hbond substituents is 1. The Balaban J connectivity index is 1.83. The van der Waals surface area contributed by atoms with Crippen LogP contribution >= 0.6 is 11.8 Å². The normalized spacial score (nSPS) is 17.6. The molecular formula is C32H36N2O2S. The zero-order valence-corrected chi connectivity index (χ0v) is 23.6. The number of para-hydroxylation sites is 1. The third kappa shape index (κ3) is 5.83. The first kappa shape index (κ1) is 26.7. The lowest BCUT2D eigenvalue weighted by molar-refractivity contribution is -0.123. The van der Waals surface area contributed by atoms with Gasteiger partial charge in [-0.15, -0.1) is 0 Å². The fourth-order valence-corrected chi connectivity index (χ4v) is 5.50. The van der Waals surface area contributed by atoms with Gasteiger partial charge in [0, 0.05) is 11.1 Å². The molecule has 0 radical (unpaired) electrons. The average Bonchev–Trinajstić information content (AvgIpc) is 3.13. The second-order valence-corrected chi connectivity index (χ2v) is 12.6. The monoisotopic (exact) mass is 512 g/mol. The first-order valence-electron chi connectivity index (χ1n) is 12.7. The van der Waals surface area contributed by atoms with Gasteiger partial charge in [-0.3, -0.25) is 9.69 Å². The predicted molar refractivity (Wildman–Crippen MR) is 156 cm³/mol. The van der Waals surface area contributed by atoms with E-state index in [2.05, 4.69) is 41.5 Å². The maximum atomic E-state index is 13.9. The Morgan fingerprint density at radius 3 is 1.89 bits per heavy atom. The highest BCUT2D eigenvalue weighted by atomic mass is 32.2. The van der Waals surface area contributed by atoms with Crippen LogP contribution in [0, 0.1) is 0 Å². The lowest BCUT2D eigenvalue weighted by Gasteiger charge is -2.28. The number of aliphatic imine (C=N–C) groups is 1. The summed E-state index contributed by atoms with van der Waals surface area (Å²) in [6, 6.07) is 23.6. The Morgan fingerprint density at radius 1 is 0.865 bits per heavy atom. The number of phenols is 1. The minimum Gasteiger partial charge on any atom is -0.507 e. The molecule has 5 heteroatoms. The van der Waals surface area contributed by atoms with Crippen molar-refractivity contribution in [1.29, 1.82) is 0 Å². The molecule has 0 saturated carbocycles. The van der Waals surface area contributed by atoms with E-state index in [0.29, 0.717) is 15.8 Å². The first-order valence-corrected chi connectivity index (χ1v) is 13.5. The number of amidine groups is 1. The summed E-state index contributed by atoms with van der Waals surface area (Å²) in [5, 5.41) is 11.8. The van der Waals surface area contributed by atoms with E-state index in [9.17, 15) is 9.90 Å². The van der Waals surface area contributed by atoms with Crippen molar-refractivity contribution in [3.8, 4) is 5.75 Å². The van der Waals surface area contributed by atoms with E-state index >= 15 is 0 Å². The van der Waals surface area contributed by atoms with Crippen molar-refractivity contribution in [3.63, 3.8) is 0 Å². The van der Waals surface area contributed by atoms with Gasteiger partial charge in [0.1, 0.15) is 5.75 Å². The van der Waals surface area contributed by atoms with Gasteiger partial charge < -0.3 is 5.11 Å². The van der Waals surface area contributed by atoms with Crippen molar-refractivity contribution in [2.24, 2.45) is 4.99 Å². The molecule has 1 heterocycles. The van der Waals surface area contributed by atoms with Crippen LogP contribution in [-0.2, 0) is 15.6 Å². The van der Waals surface area contributed by atoms with Crippen LogP contribution in [0.1, 0.15) is 76.8 Å². The predicted octanol–water partition coefficient (Wildman–Crippen LogP) is 8.35. The molecule has 0 aliphatic carbocycles. The molecule has 4 nitrogen and oxygen atoms in total. The Hall–Kier alpha value is -3.31. The third-order valence-corrected chi connectivity index (χ3v) is 7.52. The van der Waals surface area contributed by atoms with E-state index in [4.69, 9.17) is 4.99 Å². The zero-order chi connectivity index (χ0) is 27.0. The standard InChI is InChI=1S/C32H36N2O2S/c1-21(23-14-10-8-11-15-23)34-29(36)27(37-30(34)33-24-16-12-9-13-17-24)20-22-18-25(31(2,3)4)28(35)26(19-22)32(5,6)7/h8-21,35H,1-7H3/b27-20+,33-30?/t21-/m1/s1. The SMILES string of the molecule is C[C@H](c1ccccc1)N1C(=O)/C(=C\c2cc(C(C)(C)C)c(O)c(C(C)(C)C)c2)SC1=Nc1ccccc1. The van der Waals surface area contributed by atoms with Crippen molar-refractivity contribution >= 4 is 34.6 Å². The molecule has 37 heavy (non-hydrogen) atoms. The van der Waals surface area contributed by atoms with E-state index in [1.54, 1.807) is 4.90 Å². The Kier molecular flexibility index (Phi) is 7.38. The Labute approximate surface area is 225 Å². The number of nitrogens with zero attached hydrogens (tertiary/aromatic N) is 2. The fraction of sp³-hybridized carbons (Fsp3) is 0.312. The number of thioether (sulfide) groups is 1. The van der Waals surface area contributed by atoms with Crippen LogP contribution in [0.25, 0.3) is 6.08 Å². The molecule has 4 rings (SSSR count). The molecular weight excluding hydrogens is 476 g/mol. The minimum atomic E-state index is -0.251. The van der Waals surface area contributed by atoms with Gasteiger partial charge >= 0.3 is 0 Å². The maximum Gasteiger partial charge on any atom is 0.267 e. The molecule has 1 N–H and O–H groups in total. The molecule has 1 fully saturated rings. The molecule has 192 valence electrons. The number of benzene rings is 3. The number of carbonyl (C=O) groups excluding carboxylic acids is 1. The molecule has 0 aromatic heterocycles. The number of carbonyl (C=O) groups is 1. The summed E-state index contributed by atoms with van der Waals surface area (Å²) in [6.45, 7) is 14.6. The van der Waals surface area contributed by atoms with Crippen LogP contribution in [0.5, 0.6) is 5.75 Å². The fourth-order valence-electron chi connectivity index (χ4n) is 4.43. The lowest BCUT2D eigenvalue weighted by Crippen LogP contribution is -2.32. The second-order valence-electron chi connectivity index (χ2n) is 11.6. The quantitative estimate of drug-likeness (QED) is 0.357. The molecule has 3 aromatic carbocycles. The van der Waals surface area contributed by atoms with Crippen LogP contribution in [0.4, 0.5) is 5.69 Å². The van der Waals surface area contributed by atoms with Crippen molar-refractivity contribution in [2.75, 3.05) is 0 Å². The van der Waals surface area contributed by atoms with Crippen LogP contribution < -0.4 is 0 Å². The molecule has 1 aliphatic rings. The summed E-state index contributed by atoms with van der Waals surface area (Å²) in [6.07, 6.45) is 1.94. The summed E-state index contributed by atoms with van der Waals surface area (Å²) >= 11 is 1.40. The van der Waals surface area contributed by atoms with Gasteiger partial charge in [0.2, 0.25) is 0 Å². The van der Waals surface area contributed by atoms with E-state index < -0.39 is 0 Å². The highest BCUT2D eigenvalue weighted by Crippen LogP contribution is 2.43. The van der Waals surface area contributed by atoms with E-state index in [1.165, 1.54) is 11.8 Å². The molecule has 1 atom stereocenters. The largest absolute Gasteiger partial charge is 0.507 e. The van der Waals surface area contributed by atoms with Gasteiger partial charge in [-0.2, -0.15) is 0 Å². The summed E-state index contributed by atoms with van der Waals surface area (Å²) in [7, 11) is 0. The zero-order valence-electron chi connectivity index (χ0n) is 22.7. The minimum absolute atomic E-state index is 0.0706. The number of rotatable bonds is 4. The molecule has 0 spiro atoms. The molecule has 0 bridgehead atoms. The molecule has 1 amide bonds. The summed E-state index contributed by atoms with van der Waals surface area (Å²) in [5.74, 6) is 0.261. The van der Waals surface area contributed by atoms with Crippen LogP contribution in [0.15, 0.2) is 82.7 Å². The highest BCUT2D eigenvalue weighted by molar-refractivity contribution is 8.18. The van der Waals surface area contributed by atoms with Crippen molar-refractivity contribution in [3.05, 3.63) is 100.0 Å². The number of amides is 1. The smallest absolute Gasteiger partial charge is 0.267 e. The van der Waals surface area contributed by atoms with Crippen LogP contribution in [-0.4, -0.2) is 21.1 Å². The van der Waals surface area contributed by atoms with Gasteiger partial charge in [0.15, 0.2) is 5.17 Å². The maximum absolute atomic E-state index is 13.9. The average molecular weight is 513 g/mol. The summed E-state index contributed by atoms with van der Waals surface area (Å²) < 4.78 is 0. The Morgan fingerprint density at radius 2 is 1.38 bits per heavy atom. The molecule has 1 aliphatic heterocycles. The Bertz CT molecular complexity index is 1310. The van der Waals surface area contributed by atoms with E-state index in [1.807, 2.05) is 85.8 Å². The van der Waals surface area contributed by atoms with Crippen molar-refractivity contribution in [1.82, 2.24) is 4.90 Å². The van der Waals surface area contributed by atoms with Crippen molar-refractivity contribution in [2.45, 2.75) is 65.3 Å². The van der Waals surface area contributed by atoms with Gasteiger partial charge in [-0.1, -0.05) is 90.1 Å². The lowest BCUT2D eigenvalue weighted by atomic mass is 9.78. The van der Waals surface area contributed by atoms with E-state index in [-0.39, 0.29) is 22.8 Å².